The monoisotopic (exact) mass is 285 g/mol. The molecular formula is C18H23NO2. The van der Waals surface area contributed by atoms with E-state index in [4.69, 9.17) is 4.74 Å². The first-order valence-corrected chi connectivity index (χ1v) is 7.10. The molecule has 21 heavy (non-hydrogen) atoms. The molecule has 0 aliphatic heterocycles. The highest BCUT2D eigenvalue weighted by Crippen LogP contribution is 2.27. The lowest BCUT2D eigenvalue weighted by Gasteiger charge is -2.16. The van der Waals surface area contributed by atoms with E-state index in [0.717, 1.165) is 22.6 Å². The molecule has 1 atom stereocenters. The highest BCUT2D eigenvalue weighted by atomic mass is 16.5. The van der Waals surface area contributed by atoms with E-state index in [0.29, 0.717) is 6.42 Å². The molecule has 3 heteroatoms. The van der Waals surface area contributed by atoms with Gasteiger partial charge in [-0.3, -0.25) is 0 Å². The van der Waals surface area contributed by atoms with Gasteiger partial charge in [0.2, 0.25) is 0 Å². The van der Waals surface area contributed by atoms with Gasteiger partial charge < -0.3 is 14.7 Å². The predicted molar refractivity (Wildman–Crippen MR) is 87.2 cm³/mol. The van der Waals surface area contributed by atoms with Gasteiger partial charge in [-0.2, -0.15) is 0 Å². The Bertz CT molecular complexity index is 591. The summed E-state index contributed by atoms with van der Waals surface area (Å²) >= 11 is 0. The standard InChI is InChI=1S/C18H23NO2/c1-13-5-10-18(21-4)15(11-13)12-17(20)14-6-8-16(9-7-14)19(2)3/h5-11,17,20H,12H2,1-4H3. The lowest BCUT2D eigenvalue weighted by molar-refractivity contribution is 0.177. The van der Waals surface area contributed by atoms with Crippen molar-refractivity contribution in [2.24, 2.45) is 0 Å². The molecule has 3 nitrogen and oxygen atoms in total. The average Bonchev–Trinajstić information content (AvgIpc) is 2.47. The minimum Gasteiger partial charge on any atom is -0.496 e. The maximum absolute atomic E-state index is 10.4. The Hall–Kier alpha value is -2.00. The molecule has 0 aromatic heterocycles. The maximum Gasteiger partial charge on any atom is 0.122 e. The Morgan fingerprint density at radius 3 is 2.33 bits per heavy atom. The van der Waals surface area contributed by atoms with Crippen LogP contribution < -0.4 is 9.64 Å². The van der Waals surface area contributed by atoms with Gasteiger partial charge in [-0.1, -0.05) is 29.8 Å². The van der Waals surface area contributed by atoms with Crippen LogP contribution in [-0.2, 0) is 6.42 Å². The molecule has 0 amide bonds. The van der Waals surface area contributed by atoms with Gasteiger partial charge in [-0.25, -0.2) is 0 Å². The van der Waals surface area contributed by atoms with Crippen molar-refractivity contribution in [2.75, 3.05) is 26.1 Å². The fourth-order valence-electron chi connectivity index (χ4n) is 2.39. The summed E-state index contributed by atoms with van der Waals surface area (Å²) in [4.78, 5) is 2.04. The highest BCUT2D eigenvalue weighted by Gasteiger charge is 2.12. The van der Waals surface area contributed by atoms with Crippen LogP contribution in [0.15, 0.2) is 42.5 Å². The summed E-state index contributed by atoms with van der Waals surface area (Å²) in [5.41, 5.74) is 4.24. The Kier molecular flexibility index (Phi) is 4.86. The van der Waals surface area contributed by atoms with Crippen LogP contribution in [0.4, 0.5) is 5.69 Å². The van der Waals surface area contributed by atoms with Gasteiger partial charge in [0, 0.05) is 26.2 Å². The Labute approximate surface area is 126 Å². The van der Waals surface area contributed by atoms with Crippen LogP contribution in [0.1, 0.15) is 22.8 Å². The first kappa shape index (κ1) is 15.4. The first-order valence-electron chi connectivity index (χ1n) is 7.10. The van der Waals surface area contributed by atoms with Crippen LogP contribution in [0.2, 0.25) is 0 Å². The molecule has 2 aromatic carbocycles. The van der Waals surface area contributed by atoms with E-state index in [1.807, 2.05) is 62.3 Å². The summed E-state index contributed by atoms with van der Waals surface area (Å²) in [6.07, 6.45) is 0.0171. The SMILES string of the molecule is COc1ccc(C)cc1CC(O)c1ccc(N(C)C)cc1. The Balaban J connectivity index is 2.17. The molecule has 2 rings (SSSR count). The number of rotatable bonds is 5. The molecule has 1 unspecified atom stereocenters. The molecule has 0 bridgehead atoms. The quantitative estimate of drug-likeness (QED) is 0.914. The van der Waals surface area contributed by atoms with E-state index < -0.39 is 6.10 Å². The fraction of sp³-hybridized carbons (Fsp3) is 0.333. The second kappa shape index (κ2) is 6.64. The second-order valence-electron chi connectivity index (χ2n) is 5.52. The van der Waals surface area contributed by atoms with Gasteiger partial charge in [-0.15, -0.1) is 0 Å². The van der Waals surface area contributed by atoms with Crippen molar-refractivity contribution in [3.63, 3.8) is 0 Å². The van der Waals surface area contributed by atoms with E-state index in [9.17, 15) is 5.11 Å². The number of benzene rings is 2. The number of anilines is 1. The van der Waals surface area contributed by atoms with E-state index in [1.165, 1.54) is 5.56 Å². The fourth-order valence-corrected chi connectivity index (χ4v) is 2.39. The molecule has 0 aliphatic carbocycles. The average molecular weight is 285 g/mol. The zero-order chi connectivity index (χ0) is 15.4. The van der Waals surface area contributed by atoms with E-state index >= 15 is 0 Å². The molecule has 0 saturated heterocycles. The van der Waals surface area contributed by atoms with Crippen molar-refractivity contribution in [3.8, 4) is 5.75 Å². The topological polar surface area (TPSA) is 32.7 Å². The van der Waals surface area contributed by atoms with Crippen LogP contribution in [0.25, 0.3) is 0 Å². The third-order valence-electron chi connectivity index (χ3n) is 3.64. The number of aryl methyl sites for hydroxylation is 1. The van der Waals surface area contributed by atoms with Gasteiger partial charge in [0.15, 0.2) is 0 Å². The van der Waals surface area contributed by atoms with Crippen LogP contribution in [0.3, 0.4) is 0 Å². The number of ether oxygens (including phenoxy) is 1. The van der Waals surface area contributed by atoms with Crippen LogP contribution in [0, 0.1) is 6.92 Å². The van der Waals surface area contributed by atoms with Gasteiger partial charge in [0.05, 0.1) is 13.2 Å². The van der Waals surface area contributed by atoms with Gasteiger partial charge in [0.25, 0.3) is 0 Å². The first-order chi connectivity index (χ1) is 10.0. The van der Waals surface area contributed by atoms with Crippen molar-refractivity contribution in [2.45, 2.75) is 19.4 Å². The van der Waals surface area contributed by atoms with Crippen molar-refractivity contribution < 1.29 is 9.84 Å². The normalized spacial score (nSPS) is 12.0. The lowest BCUT2D eigenvalue weighted by atomic mass is 9.99. The number of hydrogen-bond acceptors (Lipinski definition) is 3. The lowest BCUT2D eigenvalue weighted by Crippen LogP contribution is -2.09. The molecule has 0 saturated carbocycles. The smallest absolute Gasteiger partial charge is 0.122 e. The van der Waals surface area contributed by atoms with Crippen LogP contribution in [-0.4, -0.2) is 26.3 Å². The molecule has 0 fully saturated rings. The molecule has 0 heterocycles. The summed E-state index contributed by atoms with van der Waals surface area (Å²) in [6.45, 7) is 2.04. The number of aliphatic hydroxyl groups is 1. The summed E-state index contributed by atoms with van der Waals surface area (Å²) in [7, 11) is 5.67. The van der Waals surface area contributed by atoms with Crippen molar-refractivity contribution in [1.82, 2.24) is 0 Å². The summed E-state index contributed by atoms with van der Waals surface area (Å²) in [6, 6.07) is 14.0. The third kappa shape index (κ3) is 3.76. The second-order valence-corrected chi connectivity index (χ2v) is 5.52. The molecule has 0 spiro atoms. The molecule has 2 aromatic rings. The number of nitrogens with zero attached hydrogens (tertiary/aromatic N) is 1. The van der Waals surface area contributed by atoms with E-state index in [1.54, 1.807) is 7.11 Å². The summed E-state index contributed by atoms with van der Waals surface area (Å²) in [5.74, 6) is 0.824. The molecule has 112 valence electrons. The molecular weight excluding hydrogens is 262 g/mol. The zero-order valence-electron chi connectivity index (χ0n) is 13.1. The van der Waals surface area contributed by atoms with Crippen molar-refractivity contribution in [3.05, 3.63) is 59.2 Å². The van der Waals surface area contributed by atoms with Gasteiger partial charge in [-0.05, 0) is 36.2 Å². The number of hydrogen-bond donors (Lipinski definition) is 1. The Morgan fingerprint density at radius 1 is 1.10 bits per heavy atom. The molecule has 1 N–H and O–H groups in total. The van der Waals surface area contributed by atoms with E-state index in [-0.39, 0.29) is 0 Å². The van der Waals surface area contributed by atoms with Gasteiger partial charge in [0.1, 0.15) is 5.75 Å². The van der Waals surface area contributed by atoms with E-state index in [2.05, 4.69) is 6.07 Å². The third-order valence-corrected chi connectivity index (χ3v) is 3.64. The largest absolute Gasteiger partial charge is 0.496 e. The van der Waals surface area contributed by atoms with Crippen molar-refractivity contribution in [1.29, 1.82) is 0 Å². The number of aliphatic hydroxyl groups excluding tert-OH is 1. The summed E-state index contributed by atoms with van der Waals surface area (Å²) in [5, 5.41) is 10.4. The van der Waals surface area contributed by atoms with Gasteiger partial charge >= 0.3 is 0 Å². The number of methoxy groups -OCH3 is 1. The van der Waals surface area contributed by atoms with Crippen molar-refractivity contribution >= 4 is 5.69 Å². The maximum atomic E-state index is 10.4. The zero-order valence-corrected chi connectivity index (χ0v) is 13.1. The Morgan fingerprint density at radius 2 is 1.76 bits per heavy atom. The van der Waals surface area contributed by atoms with Crippen LogP contribution >= 0.6 is 0 Å². The predicted octanol–water partition coefficient (Wildman–Crippen LogP) is 3.35. The highest BCUT2D eigenvalue weighted by molar-refractivity contribution is 5.46. The minimum absolute atomic E-state index is 0.531. The molecule has 0 radical (unpaired) electrons. The summed E-state index contributed by atoms with van der Waals surface area (Å²) < 4.78 is 5.37. The van der Waals surface area contributed by atoms with Crippen LogP contribution in [0.5, 0.6) is 5.75 Å². The minimum atomic E-state index is -0.531. The molecule has 0 aliphatic rings.